The molecule has 1 heterocycles. The van der Waals surface area contributed by atoms with E-state index in [-0.39, 0.29) is 5.78 Å². The molecule has 0 saturated carbocycles. The molecule has 4 rings (SSSR count). The van der Waals surface area contributed by atoms with Crippen molar-refractivity contribution in [2.24, 2.45) is 0 Å². The fourth-order valence-corrected chi connectivity index (χ4v) is 4.01. The number of rotatable bonds is 2. The second-order valence-electron chi connectivity index (χ2n) is 5.41. The van der Waals surface area contributed by atoms with E-state index in [1.54, 1.807) is 11.3 Å². The monoisotopic (exact) mass is 278 g/mol. The Kier molecular flexibility index (Phi) is 2.54. The van der Waals surface area contributed by atoms with Gasteiger partial charge in [-0.2, -0.15) is 11.3 Å². The molecule has 0 saturated heterocycles. The van der Waals surface area contributed by atoms with Gasteiger partial charge in [0, 0.05) is 16.5 Å². The molecular weight excluding hydrogens is 264 g/mol. The number of thiophene rings is 1. The highest BCUT2D eigenvalue weighted by Crippen LogP contribution is 2.34. The Morgan fingerprint density at radius 3 is 2.55 bits per heavy atom. The Labute approximate surface area is 121 Å². The van der Waals surface area contributed by atoms with Crippen molar-refractivity contribution in [3.63, 3.8) is 0 Å². The molecular formula is C18H14OS. The molecule has 0 amide bonds. The summed E-state index contributed by atoms with van der Waals surface area (Å²) in [5, 5.41) is 6.42. The second kappa shape index (κ2) is 4.29. The Balaban J connectivity index is 1.98. The van der Waals surface area contributed by atoms with Crippen molar-refractivity contribution in [3.05, 3.63) is 68.9 Å². The van der Waals surface area contributed by atoms with Gasteiger partial charge in [0.1, 0.15) is 0 Å². The van der Waals surface area contributed by atoms with Gasteiger partial charge in [0.15, 0.2) is 5.78 Å². The molecule has 2 aromatic carbocycles. The van der Waals surface area contributed by atoms with Crippen LogP contribution in [0.15, 0.2) is 41.1 Å². The van der Waals surface area contributed by atoms with E-state index in [1.165, 1.54) is 16.5 Å². The van der Waals surface area contributed by atoms with Gasteiger partial charge >= 0.3 is 0 Å². The van der Waals surface area contributed by atoms with Crippen LogP contribution in [0, 0.1) is 6.92 Å². The fraction of sp³-hybridized carbons (Fsp3) is 0.167. The van der Waals surface area contributed by atoms with E-state index in [0.29, 0.717) is 0 Å². The van der Waals surface area contributed by atoms with Crippen LogP contribution in [-0.4, -0.2) is 5.78 Å². The summed E-state index contributed by atoms with van der Waals surface area (Å²) < 4.78 is 0. The smallest absolute Gasteiger partial charge is 0.194 e. The maximum absolute atomic E-state index is 12.8. The van der Waals surface area contributed by atoms with E-state index in [2.05, 4.69) is 24.3 Å². The van der Waals surface area contributed by atoms with Crippen molar-refractivity contribution < 1.29 is 4.79 Å². The summed E-state index contributed by atoms with van der Waals surface area (Å²) in [6.45, 7) is 2.00. The molecule has 0 atom stereocenters. The number of carbonyl (C=O) groups excluding carboxylic acids is 1. The largest absolute Gasteiger partial charge is 0.289 e. The van der Waals surface area contributed by atoms with Crippen molar-refractivity contribution in [3.8, 4) is 0 Å². The Morgan fingerprint density at radius 1 is 1.00 bits per heavy atom. The van der Waals surface area contributed by atoms with E-state index < -0.39 is 0 Å². The van der Waals surface area contributed by atoms with Gasteiger partial charge in [-0.3, -0.25) is 4.79 Å². The van der Waals surface area contributed by atoms with Crippen LogP contribution in [0.2, 0.25) is 0 Å². The quantitative estimate of drug-likeness (QED) is 0.629. The van der Waals surface area contributed by atoms with Gasteiger partial charge in [-0.15, -0.1) is 0 Å². The summed E-state index contributed by atoms with van der Waals surface area (Å²) in [4.78, 5) is 12.8. The molecule has 20 heavy (non-hydrogen) atoms. The lowest BCUT2D eigenvalue weighted by atomic mass is 9.94. The highest BCUT2D eigenvalue weighted by molar-refractivity contribution is 7.08. The van der Waals surface area contributed by atoms with Crippen molar-refractivity contribution in [1.29, 1.82) is 0 Å². The normalized spacial score (nSPS) is 13.1. The van der Waals surface area contributed by atoms with Crippen molar-refractivity contribution in [2.75, 3.05) is 0 Å². The molecule has 1 aromatic heterocycles. The molecule has 1 aliphatic carbocycles. The van der Waals surface area contributed by atoms with Crippen LogP contribution in [-0.2, 0) is 12.8 Å². The molecule has 0 spiro atoms. The summed E-state index contributed by atoms with van der Waals surface area (Å²) in [5.41, 5.74) is 5.52. The van der Waals surface area contributed by atoms with Crippen molar-refractivity contribution >= 4 is 27.9 Å². The molecule has 98 valence electrons. The van der Waals surface area contributed by atoms with Crippen LogP contribution < -0.4 is 0 Å². The lowest BCUT2D eigenvalue weighted by Gasteiger charge is -2.08. The van der Waals surface area contributed by atoms with Gasteiger partial charge in [0.05, 0.1) is 0 Å². The number of hydrogen-bond donors (Lipinski definition) is 0. The Hall–Kier alpha value is -1.93. The molecule has 0 fully saturated rings. The molecule has 3 aromatic rings. The average Bonchev–Trinajstić information content (AvgIpc) is 3.07. The molecule has 1 nitrogen and oxygen atoms in total. The minimum atomic E-state index is 0.152. The van der Waals surface area contributed by atoms with Gasteiger partial charge in [-0.25, -0.2) is 0 Å². The summed E-state index contributed by atoms with van der Waals surface area (Å²) in [6.07, 6.45) is 2.20. The molecule has 0 unspecified atom stereocenters. The predicted octanol–water partition coefficient (Wildman–Crippen LogP) is 4.54. The Bertz CT molecular complexity index is 831. The van der Waals surface area contributed by atoms with Crippen LogP contribution in [0.5, 0.6) is 0 Å². The first-order valence-corrected chi connectivity index (χ1v) is 7.81. The zero-order valence-corrected chi connectivity index (χ0v) is 12.1. The van der Waals surface area contributed by atoms with Gasteiger partial charge < -0.3 is 0 Å². The van der Waals surface area contributed by atoms with Gasteiger partial charge in [0.2, 0.25) is 0 Å². The van der Waals surface area contributed by atoms with Gasteiger partial charge in [-0.1, -0.05) is 30.3 Å². The maximum Gasteiger partial charge on any atom is 0.194 e. The summed E-state index contributed by atoms with van der Waals surface area (Å²) in [6, 6.07) is 10.5. The van der Waals surface area contributed by atoms with Crippen LogP contribution in [0.1, 0.15) is 32.6 Å². The van der Waals surface area contributed by atoms with Crippen LogP contribution >= 0.6 is 11.3 Å². The van der Waals surface area contributed by atoms with Crippen molar-refractivity contribution in [1.82, 2.24) is 0 Å². The van der Waals surface area contributed by atoms with Crippen LogP contribution in [0.4, 0.5) is 0 Å². The fourth-order valence-electron chi connectivity index (χ4n) is 3.18. The standard InChI is InChI=1S/C18H14OS/c1-11-9-20-10-16(11)18(19)15-8-7-13-6-5-12-3-2-4-14(15)17(12)13/h2-4,7-10H,5-6H2,1H3. The van der Waals surface area contributed by atoms with E-state index >= 15 is 0 Å². The molecule has 2 heteroatoms. The van der Waals surface area contributed by atoms with E-state index in [9.17, 15) is 4.79 Å². The Morgan fingerprint density at radius 2 is 1.80 bits per heavy atom. The zero-order chi connectivity index (χ0) is 13.7. The van der Waals surface area contributed by atoms with E-state index in [0.717, 1.165) is 34.9 Å². The van der Waals surface area contributed by atoms with Gasteiger partial charge in [0.25, 0.3) is 0 Å². The lowest BCUT2D eigenvalue weighted by Crippen LogP contribution is -2.03. The number of aryl methyl sites for hydroxylation is 3. The van der Waals surface area contributed by atoms with Crippen molar-refractivity contribution in [2.45, 2.75) is 19.8 Å². The minimum absolute atomic E-state index is 0.152. The average molecular weight is 278 g/mol. The number of hydrogen-bond acceptors (Lipinski definition) is 2. The number of ketones is 1. The highest BCUT2D eigenvalue weighted by atomic mass is 32.1. The number of benzene rings is 2. The predicted molar refractivity (Wildman–Crippen MR) is 83.8 cm³/mol. The van der Waals surface area contributed by atoms with E-state index in [4.69, 9.17) is 0 Å². The summed E-state index contributed by atoms with van der Waals surface area (Å²) >= 11 is 1.59. The number of carbonyl (C=O) groups is 1. The second-order valence-corrected chi connectivity index (χ2v) is 6.15. The third kappa shape index (κ3) is 1.58. The van der Waals surface area contributed by atoms with E-state index in [1.807, 2.05) is 23.8 Å². The molecule has 1 aliphatic rings. The zero-order valence-electron chi connectivity index (χ0n) is 11.3. The third-order valence-electron chi connectivity index (χ3n) is 4.22. The lowest BCUT2D eigenvalue weighted by molar-refractivity contribution is 0.104. The van der Waals surface area contributed by atoms with Crippen LogP contribution in [0.25, 0.3) is 10.8 Å². The van der Waals surface area contributed by atoms with Crippen LogP contribution in [0.3, 0.4) is 0 Å². The SMILES string of the molecule is Cc1cscc1C(=O)c1ccc2c3c(cccc13)CC2. The van der Waals surface area contributed by atoms with Gasteiger partial charge in [-0.05, 0) is 52.6 Å². The summed E-state index contributed by atoms with van der Waals surface area (Å²) in [7, 11) is 0. The first-order chi connectivity index (χ1) is 9.75. The minimum Gasteiger partial charge on any atom is -0.289 e. The highest BCUT2D eigenvalue weighted by Gasteiger charge is 2.20. The molecule has 0 radical (unpaired) electrons. The molecule has 0 N–H and O–H groups in total. The topological polar surface area (TPSA) is 17.1 Å². The molecule has 0 bridgehead atoms. The molecule has 0 aliphatic heterocycles. The summed E-state index contributed by atoms with van der Waals surface area (Å²) in [5.74, 6) is 0.152. The first-order valence-electron chi connectivity index (χ1n) is 6.86. The first kappa shape index (κ1) is 11.9. The third-order valence-corrected chi connectivity index (χ3v) is 5.08. The maximum atomic E-state index is 12.8.